The molecule has 0 atom stereocenters. The van der Waals surface area contributed by atoms with E-state index in [2.05, 4.69) is 9.83 Å². The molecule has 0 saturated heterocycles. The quantitative estimate of drug-likeness (QED) is 0.381. The summed E-state index contributed by atoms with van der Waals surface area (Å²) in [4.78, 5) is 7.70. The fourth-order valence-corrected chi connectivity index (χ4v) is 2.78. The Bertz CT molecular complexity index is 1110. The van der Waals surface area contributed by atoms with Gasteiger partial charge < -0.3 is 9.47 Å². The van der Waals surface area contributed by atoms with Gasteiger partial charge in [-0.2, -0.15) is 0 Å². The number of fused-ring (bicyclic) bond motifs is 1. The van der Waals surface area contributed by atoms with Gasteiger partial charge in [-0.05, 0) is 12.1 Å². The van der Waals surface area contributed by atoms with Gasteiger partial charge in [-0.25, -0.2) is 19.5 Å². The number of benzene rings is 2. The van der Waals surface area contributed by atoms with Gasteiger partial charge in [0.25, 0.3) is 0 Å². The summed E-state index contributed by atoms with van der Waals surface area (Å²) in [5.74, 6) is -0.293. The van der Waals surface area contributed by atoms with Gasteiger partial charge >= 0.3 is 5.70 Å². The highest BCUT2D eigenvalue weighted by molar-refractivity contribution is 5.90. The highest BCUT2D eigenvalue weighted by Gasteiger charge is 2.18. The molecule has 0 unspecified atom stereocenters. The lowest BCUT2D eigenvalue weighted by molar-refractivity contribution is 0.365. The number of nitrogens with zero attached hydrogens (tertiary/aromatic N) is 3. The maximum absolute atomic E-state index is 14.7. The summed E-state index contributed by atoms with van der Waals surface area (Å²) in [7, 11) is 2.79. The Kier molecular flexibility index (Phi) is 5.01. The van der Waals surface area contributed by atoms with Gasteiger partial charge in [0.1, 0.15) is 17.3 Å². The molecule has 1 heterocycles. The van der Waals surface area contributed by atoms with Crippen molar-refractivity contribution in [1.29, 1.82) is 5.26 Å². The lowest BCUT2D eigenvalue weighted by Gasteiger charge is -2.13. The van der Waals surface area contributed by atoms with Crippen molar-refractivity contribution in [3.63, 3.8) is 0 Å². The summed E-state index contributed by atoms with van der Waals surface area (Å²) < 4.78 is 25.3. The van der Waals surface area contributed by atoms with E-state index in [0.29, 0.717) is 22.3 Å². The van der Waals surface area contributed by atoms with Gasteiger partial charge in [0.15, 0.2) is 0 Å². The van der Waals surface area contributed by atoms with Gasteiger partial charge in [-0.1, -0.05) is 30.3 Å². The minimum absolute atomic E-state index is 0.00249. The van der Waals surface area contributed by atoms with Gasteiger partial charge in [0, 0.05) is 22.6 Å². The van der Waals surface area contributed by atoms with Crippen molar-refractivity contribution in [2.75, 3.05) is 14.2 Å². The fraction of sp³-hybridized carbons (Fsp3) is 0.0952. The summed E-state index contributed by atoms with van der Waals surface area (Å²) >= 11 is 0. The van der Waals surface area contributed by atoms with Gasteiger partial charge in [-0.3, -0.25) is 0 Å². The molecule has 1 aromatic heterocycles. The fourth-order valence-electron chi connectivity index (χ4n) is 2.78. The third kappa shape index (κ3) is 3.29. The van der Waals surface area contributed by atoms with E-state index in [4.69, 9.17) is 21.3 Å². The Morgan fingerprint density at radius 2 is 1.93 bits per heavy atom. The molecule has 0 aliphatic heterocycles. The number of hydrogen-bond donors (Lipinski definition) is 0. The average molecular weight is 359 g/mol. The number of ether oxygens (including phenoxy) is 2. The molecule has 2 aromatic carbocycles. The van der Waals surface area contributed by atoms with Crippen molar-refractivity contribution in [1.82, 2.24) is 4.98 Å². The first-order chi connectivity index (χ1) is 13.1. The van der Waals surface area contributed by atoms with E-state index >= 15 is 0 Å². The van der Waals surface area contributed by atoms with E-state index in [1.54, 1.807) is 12.1 Å². The van der Waals surface area contributed by atoms with Crippen molar-refractivity contribution in [2.24, 2.45) is 0 Å². The van der Waals surface area contributed by atoms with Crippen LogP contribution in [0.4, 0.5) is 4.39 Å². The van der Waals surface area contributed by atoms with Crippen LogP contribution in [0.15, 0.2) is 54.2 Å². The molecule has 6 heteroatoms. The molecular weight excluding hydrogens is 345 g/mol. The predicted octanol–water partition coefficient (Wildman–Crippen LogP) is 4.81. The molecule has 0 N–H and O–H groups in total. The minimum Gasteiger partial charge on any atom is -0.506 e. The molecule has 0 aliphatic rings. The van der Waals surface area contributed by atoms with Crippen LogP contribution in [-0.2, 0) is 4.74 Å². The standard InChI is InChI=1S/C21H14FN3O2/c1-24-19(12-23)21(27-3)14-10-18-15(9-16(14)22)20(26-2)11-17(25-18)13-7-5-4-6-8-13/h4-11H,2-3H3/b21-19-. The van der Waals surface area contributed by atoms with Gasteiger partial charge in [0.2, 0.25) is 0 Å². The Morgan fingerprint density at radius 1 is 1.19 bits per heavy atom. The Balaban J connectivity index is 2.32. The molecule has 132 valence electrons. The van der Waals surface area contributed by atoms with Crippen molar-refractivity contribution in [2.45, 2.75) is 0 Å². The van der Waals surface area contributed by atoms with Gasteiger partial charge in [-0.15, -0.1) is 0 Å². The second-order valence-corrected chi connectivity index (χ2v) is 5.53. The SMILES string of the molecule is [C-]#[N+]/C(C#N)=C(\OC)c1cc2nc(-c3ccccc3)cc(OC)c2cc1F. The number of nitriles is 1. The molecule has 5 nitrogen and oxygen atoms in total. The zero-order valence-corrected chi connectivity index (χ0v) is 14.7. The van der Waals surface area contributed by atoms with Gasteiger partial charge in [0.05, 0.1) is 38.1 Å². The van der Waals surface area contributed by atoms with Crippen LogP contribution in [0.25, 0.3) is 32.8 Å². The molecule has 3 rings (SSSR count). The molecule has 0 bridgehead atoms. The molecular formula is C21H14FN3O2. The zero-order chi connectivity index (χ0) is 19.4. The lowest BCUT2D eigenvalue weighted by Crippen LogP contribution is -1.98. The molecule has 0 aliphatic carbocycles. The Morgan fingerprint density at radius 3 is 2.52 bits per heavy atom. The summed E-state index contributed by atoms with van der Waals surface area (Å²) in [6.07, 6.45) is 0. The second-order valence-electron chi connectivity index (χ2n) is 5.53. The molecule has 27 heavy (non-hydrogen) atoms. The number of hydrogen-bond acceptors (Lipinski definition) is 4. The van der Waals surface area contributed by atoms with E-state index < -0.39 is 5.82 Å². The molecule has 0 amide bonds. The normalized spacial score (nSPS) is 11.3. The molecule has 0 spiro atoms. The minimum atomic E-state index is -0.636. The van der Waals surface area contributed by atoms with Crippen LogP contribution in [0, 0.1) is 23.7 Å². The smallest absolute Gasteiger partial charge is 0.303 e. The number of methoxy groups -OCH3 is 2. The van der Waals surface area contributed by atoms with E-state index in [1.807, 2.05) is 30.3 Å². The van der Waals surface area contributed by atoms with E-state index in [-0.39, 0.29) is 17.0 Å². The molecule has 0 saturated carbocycles. The van der Waals surface area contributed by atoms with Crippen LogP contribution >= 0.6 is 0 Å². The van der Waals surface area contributed by atoms with E-state index in [0.717, 1.165) is 5.56 Å². The second kappa shape index (κ2) is 7.55. The van der Waals surface area contributed by atoms with Crippen molar-refractivity contribution in [3.05, 3.63) is 77.0 Å². The highest BCUT2D eigenvalue weighted by Crippen LogP contribution is 2.34. The molecule has 0 radical (unpaired) electrons. The first-order valence-electron chi connectivity index (χ1n) is 7.92. The Labute approximate surface area is 155 Å². The summed E-state index contributed by atoms with van der Waals surface area (Å²) in [5.41, 5.74) is 1.66. The monoisotopic (exact) mass is 359 g/mol. The topological polar surface area (TPSA) is 59.5 Å². The number of rotatable bonds is 4. The van der Waals surface area contributed by atoms with Crippen LogP contribution < -0.4 is 4.74 Å². The number of halogens is 1. The third-order valence-corrected chi connectivity index (χ3v) is 4.03. The maximum atomic E-state index is 14.7. The lowest BCUT2D eigenvalue weighted by atomic mass is 10.0. The molecule has 0 fully saturated rings. The van der Waals surface area contributed by atoms with Crippen LogP contribution in [0.5, 0.6) is 5.75 Å². The number of pyridine rings is 1. The summed E-state index contributed by atoms with van der Waals surface area (Å²) in [6.45, 7) is 7.09. The summed E-state index contributed by atoms with van der Waals surface area (Å²) in [6, 6.07) is 15.7. The zero-order valence-electron chi connectivity index (χ0n) is 14.7. The van der Waals surface area contributed by atoms with Crippen LogP contribution in [0.3, 0.4) is 0 Å². The van der Waals surface area contributed by atoms with Crippen LogP contribution in [0.1, 0.15) is 5.56 Å². The van der Waals surface area contributed by atoms with Crippen molar-refractivity contribution < 1.29 is 13.9 Å². The van der Waals surface area contributed by atoms with Crippen LogP contribution in [0.2, 0.25) is 0 Å². The predicted molar refractivity (Wildman–Crippen MR) is 99.8 cm³/mol. The van der Waals surface area contributed by atoms with Crippen molar-refractivity contribution >= 4 is 16.7 Å². The Hall–Kier alpha value is -3.90. The average Bonchev–Trinajstić information content (AvgIpc) is 2.71. The first-order valence-corrected chi connectivity index (χ1v) is 7.92. The number of aromatic nitrogens is 1. The first kappa shape index (κ1) is 17.9. The van der Waals surface area contributed by atoms with E-state index in [9.17, 15) is 4.39 Å². The highest BCUT2D eigenvalue weighted by atomic mass is 19.1. The van der Waals surface area contributed by atoms with Crippen LogP contribution in [-0.4, -0.2) is 19.2 Å². The third-order valence-electron chi connectivity index (χ3n) is 4.03. The maximum Gasteiger partial charge on any atom is 0.303 e. The molecule has 3 aromatic rings. The van der Waals surface area contributed by atoms with Crippen molar-refractivity contribution in [3.8, 4) is 23.1 Å². The largest absolute Gasteiger partial charge is 0.506 e. The number of allylic oxidation sites excluding steroid dienone is 1. The summed E-state index contributed by atoms with van der Waals surface area (Å²) in [5, 5.41) is 9.59. The van der Waals surface area contributed by atoms with E-state index in [1.165, 1.54) is 26.4 Å².